The lowest BCUT2D eigenvalue weighted by Crippen LogP contribution is -2.31. The zero-order valence-electron chi connectivity index (χ0n) is 9.20. The summed E-state index contributed by atoms with van der Waals surface area (Å²) in [5.41, 5.74) is 5.09. The minimum atomic E-state index is -0.442. The van der Waals surface area contributed by atoms with E-state index < -0.39 is 5.91 Å². The summed E-state index contributed by atoms with van der Waals surface area (Å²) in [5.74, 6) is 0.506. The second-order valence-electron chi connectivity index (χ2n) is 3.22. The Morgan fingerprint density at radius 1 is 1.69 bits per heavy atom. The zero-order chi connectivity index (χ0) is 12.1. The molecule has 0 unspecified atom stereocenters. The highest BCUT2D eigenvalue weighted by Crippen LogP contribution is 2.22. The van der Waals surface area contributed by atoms with Gasteiger partial charge in [0.05, 0.1) is 12.7 Å². The van der Waals surface area contributed by atoms with Gasteiger partial charge < -0.3 is 16.0 Å². The summed E-state index contributed by atoms with van der Waals surface area (Å²) in [7, 11) is 1.69. The van der Waals surface area contributed by atoms with Gasteiger partial charge in [-0.25, -0.2) is 4.98 Å². The summed E-state index contributed by atoms with van der Waals surface area (Å²) in [6.45, 7) is 2.70. The number of carbonyl (C=O) groups is 1. The van der Waals surface area contributed by atoms with Crippen molar-refractivity contribution in [2.75, 3.05) is 30.4 Å². The van der Waals surface area contributed by atoms with E-state index in [1.165, 1.54) is 6.20 Å². The summed E-state index contributed by atoms with van der Waals surface area (Å²) in [5, 5.41) is 3.34. The van der Waals surface area contributed by atoms with Gasteiger partial charge in [0.25, 0.3) is 0 Å². The molecule has 0 aliphatic carbocycles. The standard InChI is InChI=1S/C9H14ClN5O/c1-3-12-9-13-4-6(10)8(14-9)15(2)5-7(11)16/h4H,3,5H2,1-2H3,(H2,11,16)(H,12,13,14). The Morgan fingerprint density at radius 3 is 2.94 bits per heavy atom. The van der Waals surface area contributed by atoms with Crippen molar-refractivity contribution in [3.05, 3.63) is 11.2 Å². The number of nitrogens with two attached hydrogens (primary N) is 1. The molecule has 16 heavy (non-hydrogen) atoms. The molecule has 1 aromatic rings. The van der Waals surface area contributed by atoms with Crippen molar-refractivity contribution in [2.45, 2.75) is 6.92 Å². The van der Waals surface area contributed by atoms with E-state index in [0.717, 1.165) is 0 Å². The smallest absolute Gasteiger partial charge is 0.236 e. The fourth-order valence-electron chi connectivity index (χ4n) is 1.18. The van der Waals surface area contributed by atoms with Crippen LogP contribution in [-0.2, 0) is 4.79 Å². The SMILES string of the molecule is CCNc1ncc(Cl)c(N(C)CC(N)=O)n1. The molecule has 7 heteroatoms. The summed E-state index contributed by atoms with van der Waals surface area (Å²) >= 11 is 5.93. The Labute approximate surface area is 98.8 Å². The predicted octanol–water partition coefficient (Wildman–Crippen LogP) is 0.483. The quantitative estimate of drug-likeness (QED) is 0.786. The van der Waals surface area contributed by atoms with Crippen LogP contribution in [0.1, 0.15) is 6.92 Å². The molecule has 0 spiro atoms. The number of rotatable bonds is 5. The molecule has 0 fully saturated rings. The van der Waals surface area contributed by atoms with Gasteiger partial charge in [0.2, 0.25) is 11.9 Å². The molecule has 0 saturated carbocycles. The number of hydrogen-bond donors (Lipinski definition) is 2. The predicted molar refractivity (Wildman–Crippen MR) is 63.7 cm³/mol. The van der Waals surface area contributed by atoms with Gasteiger partial charge in [-0.15, -0.1) is 0 Å². The number of nitrogens with one attached hydrogen (secondary N) is 1. The lowest BCUT2D eigenvalue weighted by Gasteiger charge is -2.17. The number of likely N-dealkylation sites (N-methyl/N-ethyl adjacent to an activating group) is 1. The first-order chi connectivity index (χ1) is 7.54. The molecule has 1 aromatic heterocycles. The average Bonchev–Trinajstić information content (AvgIpc) is 2.20. The van der Waals surface area contributed by atoms with Crippen LogP contribution >= 0.6 is 11.6 Å². The number of aromatic nitrogens is 2. The van der Waals surface area contributed by atoms with E-state index in [-0.39, 0.29) is 6.54 Å². The number of anilines is 2. The zero-order valence-corrected chi connectivity index (χ0v) is 9.95. The molecule has 3 N–H and O–H groups in total. The molecule has 0 aliphatic rings. The fourth-order valence-corrected chi connectivity index (χ4v) is 1.41. The fraction of sp³-hybridized carbons (Fsp3) is 0.444. The molecule has 1 amide bonds. The number of hydrogen-bond acceptors (Lipinski definition) is 5. The minimum Gasteiger partial charge on any atom is -0.368 e. The van der Waals surface area contributed by atoms with Crippen LogP contribution in [0.5, 0.6) is 0 Å². The van der Waals surface area contributed by atoms with Gasteiger partial charge in [-0.3, -0.25) is 4.79 Å². The van der Waals surface area contributed by atoms with E-state index in [2.05, 4.69) is 15.3 Å². The number of halogens is 1. The largest absolute Gasteiger partial charge is 0.368 e. The Morgan fingerprint density at radius 2 is 2.38 bits per heavy atom. The lowest BCUT2D eigenvalue weighted by molar-refractivity contribution is -0.116. The first-order valence-corrected chi connectivity index (χ1v) is 5.18. The maximum absolute atomic E-state index is 10.8. The van der Waals surface area contributed by atoms with Crippen molar-refractivity contribution in [1.29, 1.82) is 0 Å². The number of primary amides is 1. The van der Waals surface area contributed by atoms with Crippen LogP contribution < -0.4 is 16.0 Å². The van der Waals surface area contributed by atoms with Crippen molar-refractivity contribution in [3.8, 4) is 0 Å². The summed E-state index contributed by atoms with van der Waals surface area (Å²) in [6.07, 6.45) is 1.49. The van der Waals surface area contributed by atoms with Crippen LogP contribution in [0.3, 0.4) is 0 Å². The van der Waals surface area contributed by atoms with Crippen LogP contribution in [0.25, 0.3) is 0 Å². The van der Waals surface area contributed by atoms with Gasteiger partial charge in [0.15, 0.2) is 5.82 Å². The van der Waals surface area contributed by atoms with Crippen molar-refractivity contribution in [2.24, 2.45) is 5.73 Å². The third-order valence-corrected chi connectivity index (χ3v) is 2.08. The first kappa shape index (κ1) is 12.5. The van der Waals surface area contributed by atoms with Crippen molar-refractivity contribution < 1.29 is 4.79 Å². The van der Waals surface area contributed by atoms with Crippen molar-refractivity contribution in [3.63, 3.8) is 0 Å². The molecule has 0 atom stereocenters. The Balaban J connectivity index is 2.92. The van der Waals surface area contributed by atoms with E-state index in [1.54, 1.807) is 11.9 Å². The second kappa shape index (κ2) is 5.50. The molecule has 0 aromatic carbocycles. The number of carbonyl (C=O) groups excluding carboxylic acids is 1. The van der Waals surface area contributed by atoms with Crippen molar-refractivity contribution in [1.82, 2.24) is 9.97 Å². The minimum absolute atomic E-state index is 0.0578. The van der Waals surface area contributed by atoms with Crippen molar-refractivity contribution >= 4 is 29.3 Å². The summed E-state index contributed by atoms with van der Waals surface area (Å²) in [4.78, 5) is 20.5. The van der Waals surface area contributed by atoms with Crippen LogP contribution in [-0.4, -0.2) is 36.0 Å². The topological polar surface area (TPSA) is 84.1 Å². The van der Waals surface area contributed by atoms with Crippen LogP contribution in [0.15, 0.2) is 6.20 Å². The van der Waals surface area contributed by atoms with Crippen LogP contribution in [0.2, 0.25) is 5.02 Å². The molecule has 0 radical (unpaired) electrons. The van der Waals surface area contributed by atoms with E-state index in [0.29, 0.717) is 23.3 Å². The molecule has 0 bridgehead atoms. The molecular formula is C9H14ClN5O. The molecule has 88 valence electrons. The van der Waals surface area contributed by atoms with E-state index >= 15 is 0 Å². The van der Waals surface area contributed by atoms with Crippen LogP contribution in [0, 0.1) is 0 Å². The summed E-state index contributed by atoms with van der Waals surface area (Å²) in [6, 6.07) is 0. The molecule has 6 nitrogen and oxygen atoms in total. The maximum atomic E-state index is 10.8. The Hall–Kier alpha value is -1.56. The molecule has 1 heterocycles. The maximum Gasteiger partial charge on any atom is 0.236 e. The molecule has 0 saturated heterocycles. The van der Waals surface area contributed by atoms with E-state index in [1.807, 2.05) is 6.92 Å². The van der Waals surface area contributed by atoms with E-state index in [9.17, 15) is 4.79 Å². The van der Waals surface area contributed by atoms with Crippen LogP contribution in [0.4, 0.5) is 11.8 Å². The molecule has 1 rings (SSSR count). The Kier molecular flexibility index (Phi) is 4.30. The van der Waals surface area contributed by atoms with E-state index in [4.69, 9.17) is 17.3 Å². The highest BCUT2D eigenvalue weighted by atomic mass is 35.5. The van der Waals surface area contributed by atoms with Gasteiger partial charge in [-0.05, 0) is 6.92 Å². The lowest BCUT2D eigenvalue weighted by atomic mass is 10.4. The van der Waals surface area contributed by atoms with Gasteiger partial charge in [0, 0.05) is 13.6 Å². The van der Waals surface area contributed by atoms with Gasteiger partial charge >= 0.3 is 0 Å². The normalized spacial score (nSPS) is 9.94. The number of amides is 1. The Bertz CT molecular complexity index is 384. The third-order valence-electron chi connectivity index (χ3n) is 1.82. The highest BCUT2D eigenvalue weighted by molar-refractivity contribution is 6.32. The molecular weight excluding hydrogens is 230 g/mol. The highest BCUT2D eigenvalue weighted by Gasteiger charge is 2.11. The summed E-state index contributed by atoms with van der Waals surface area (Å²) < 4.78 is 0. The third kappa shape index (κ3) is 3.23. The molecule has 0 aliphatic heterocycles. The van der Waals surface area contributed by atoms with Gasteiger partial charge in [-0.2, -0.15) is 4.98 Å². The van der Waals surface area contributed by atoms with Gasteiger partial charge in [-0.1, -0.05) is 11.6 Å². The monoisotopic (exact) mass is 243 g/mol. The second-order valence-corrected chi connectivity index (χ2v) is 3.63. The first-order valence-electron chi connectivity index (χ1n) is 4.80. The average molecular weight is 244 g/mol. The van der Waals surface area contributed by atoms with Gasteiger partial charge in [0.1, 0.15) is 5.02 Å². The number of nitrogens with zero attached hydrogens (tertiary/aromatic N) is 3.